The molecule has 1 fully saturated rings. The molecule has 4 aromatic carbocycles. The summed E-state index contributed by atoms with van der Waals surface area (Å²) < 4.78 is 34.2. The van der Waals surface area contributed by atoms with Crippen LogP contribution in [-0.2, 0) is 10.0 Å². The lowest BCUT2D eigenvalue weighted by molar-refractivity contribution is 0.261. The highest BCUT2D eigenvalue weighted by molar-refractivity contribution is 7.92. The molecule has 4 aromatic rings. The number of anilines is 1. The Labute approximate surface area is 210 Å². The number of likely N-dealkylation sites (tertiary alicyclic amines) is 1. The van der Waals surface area contributed by atoms with Crippen LogP contribution in [0.3, 0.4) is 0 Å². The number of piperidine rings is 1. The Balaban J connectivity index is 1.41. The number of phenols is 2. The van der Waals surface area contributed by atoms with Crippen molar-refractivity contribution in [2.45, 2.75) is 19.3 Å². The first-order valence-electron chi connectivity index (χ1n) is 11.9. The molecule has 0 saturated carbocycles. The van der Waals surface area contributed by atoms with Crippen LogP contribution in [0.1, 0.15) is 19.3 Å². The van der Waals surface area contributed by atoms with Gasteiger partial charge < -0.3 is 14.9 Å². The Morgan fingerprint density at radius 2 is 1.50 bits per heavy atom. The van der Waals surface area contributed by atoms with Gasteiger partial charge in [-0.25, -0.2) is 8.42 Å². The van der Waals surface area contributed by atoms with Gasteiger partial charge in [-0.15, -0.1) is 0 Å². The van der Waals surface area contributed by atoms with Gasteiger partial charge in [0.1, 0.15) is 28.9 Å². The van der Waals surface area contributed by atoms with Gasteiger partial charge in [-0.05, 0) is 97.5 Å². The zero-order chi connectivity index (χ0) is 25.1. The van der Waals surface area contributed by atoms with Crippen LogP contribution in [0, 0.1) is 0 Å². The highest BCUT2D eigenvalue weighted by Crippen LogP contribution is 2.41. The zero-order valence-corrected chi connectivity index (χ0v) is 20.5. The predicted octanol–water partition coefficient (Wildman–Crippen LogP) is 5.90. The number of phenolic OH excluding ortho intramolecular Hbond substituents is 2. The summed E-state index contributed by atoms with van der Waals surface area (Å²) in [6.07, 6.45) is 3.21. The van der Waals surface area contributed by atoms with E-state index in [0.717, 1.165) is 54.3 Å². The molecule has 3 N–H and O–H groups in total. The zero-order valence-electron chi connectivity index (χ0n) is 19.7. The van der Waals surface area contributed by atoms with Gasteiger partial charge in [0.15, 0.2) is 0 Å². The molecule has 8 heteroatoms. The molecule has 1 aliphatic rings. The van der Waals surface area contributed by atoms with Crippen molar-refractivity contribution in [3.63, 3.8) is 0 Å². The molecule has 1 heterocycles. The van der Waals surface area contributed by atoms with Gasteiger partial charge in [-0.2, -0.15) is 0 Å². The molecule has 7 nitrogen and oxygen atoms in total. The number of sulfonamides is 1. The van der Waals surface area contributed by atoms with E-state index < -0.39 is 10.0 Å². The fraction of sp³-hybridized carbons (Fsp3) is 0.214. The summed E-state index contributed by atoms with van der Waals surface area (Å²) in [5.41, 5.74) is 2.15. The quantitative estimate of drug-likeness (QED) is 0.290. The van der Waals surface area contributed by atoms with Crippen LogP contribution in [0.25, 0.3) is 21.9 Å². The van der Waals surface area contributed by atoms with Crippen molar-refractivity contribution >= 4 is 26.5 Å². The van der Waals surface area contributed by atoms with Crippen molar-refractivity contribution in [2.24, 2.45) is 0 Å². The van der Waals surface area contributed by atoms with E-state index in [4.69, 9.17) is 4.74 Å². The molecule has 0 unspecified atom stereocenters. The van der Waals surface area contributed by atoms with E-state index in [2.05, 4.69) is 4.72 Å². The molecule has 1 aliphatic heterocycles. The molecule has 0 spiro atoms. The molecule has 0 amide bonds. The lowest BCUT2D eigenvalue weighted by atomic mass is 9.99. The molecule has 0 radical (unpaired) electrons. The molecule has 0 aliphatic carbocycles. The summed E-state index contributed by atoms with van der Waals surface area (Å²) in [6.45, 7) is 1.61. The van der Waals surface area contributed by atoms with Gasteiger partial charge in [-0.1, -0.05) is 24.6 Å². The summed E-state index contributed by atoms with van der Waals surface area (Å²) in [6, 6.07) is 22.5. The monoisotopic (exact) mass is 504 g/mol. The van der Waals surface area contributed by atoms with Crippen LogP contribution in [0.2, 0.25) is 0 Å². The lowest BCUT2D eigenvalue weighted by Gasteiger charge is -2.26. The summed E-state index contributed by atoms with van der Waals surface area (Å²) >= 11 is 0. The van der Waals surface area contributed by atoms with Crippen LogP contribution >= 0.6 is 0 Å². The maximum atomic E-state index is 12.6. The molecule has 0 aromatic heterocycles. The Morgan fingerprint density at radius 3 is 2.22 bits per heavy atom. The number of nitrogens with one attached hydrogen (secondary N) is 1. The molecule has 186 valence electrons. The van der Waals surface area contributed by atoms with Crippen LogP contribution in [0.4, 0.5) is 5.69 Å². The third kappa shape index (κ3) is 5.56. The van der Waals surface area contributed by atoms with Crippen molar-refractivity contribution in [3.05, 3.63) is 78.9 Å². The Morgan fingerprint density at radius 1 is 0.806 bits per heavy atom. The number of nitrogens with zero attached hydrogens (tertiary/aromatic N) is 1. The van der Waals surface area contributed by atoms with Crippen molar-refractivity contribution < 1.29 is 23.4 Å². The number of hydrogen-bond acceptors (Lipinski definition) is 6. The highest BCUT2D eigenvalue weighted by Gasteiger charge is 2.19. The largest absolute Gasteiger partial charge is 0.508 e. The molecule has 36 heavy (non-hydrogen) atoms. The maximum Gasteiger partial charge on any atom is 0.246 e. The molecular formula is C28H28N2O5S. The van der Waals surface area contributed by atoms with Crippen molar-refractivity contribution in [1.29, 1.82) is 0 Å². The number of benzene rings is 4. The van der Waals surface area contributed by atoms with Crippen molar-refractivity contribution in [2.75, 3.05) is 23.7 Å². The van der Waals surface area contributed by atoms with E-state index in [-0.39, 0.29) is 17.4 Å². The van der Waals surface area contributed by atoms with Crippen molar-refractivity contribution in [3.8, 4) is 34.1 Å². The number of rotatable bonds is 7. The third-order valence-corrected chi connectivity index (χ3v) is 7.53. The second-order valence-corrected chi connectivity index (χ2v) is 10.7. The summed E-state index contributed by atoms with van der Waals surface area (Å²) in [5.74, 6) is 1.45. The number of hydrogen-bond donors (Lipinski definition) is 3. The number of fused-ring (bicyclic) bond motifs is 1. The summed E-state index contributed by atoms with van der Waals surface area (Å²) in [5, 5.41) is 21.2. The third-order valence-electron chi connectivity index (χ3n) is 6.28. The van der Waals surface area contributed by atoms with Gasteiger partial charge >= 0.3 is 0 Å². The second-order valence-electron chi connectivity index (χ2n) is 9.05. The van der Waals surface area contributed by atoms with Gasteiger partial charge in [0, 0.05) is 16.6 Å². The van der Waals surface area contributed by atoms with E-state index in [1.54, 1.807) is 54.6 Å². The van der Waals surface area contributed by atoms with Gasteiger partial charge in [0.2, 0.25) is 10.0 Å². The Hall–Kier alpha value is -3.75. The fourth-order valence-corrected chi connectivity index (χ4v) is 5.82. The number of aromatic hydroxyl groups is 2. The average molecular weight is 505 g/mol. The van der Waals surface area contributed by atoms with Crippen molar-refractivity contribution in [1.82, 2.24) is 4.90 Å². The highest BCUT2D eigenvalue weighted by atomic mass is 32.2. The molecule has 0 atom stereocenters. The SMILES string of the molecule is O=S(=O)(CN1CCCCC1)Nc1ccc(Oc2c(-c3ccc(O)cc3)ccc3cc(O)ccc23)cc1. The first kappa shape index (κ1) is 24.0. The predicted molar refractivity (Wildman–Crippen MR) is 142 cm³/mol. The van der Waals surface area contributed by atoms with Gasteiger partial charge in [0.05, 0.1) is 0 Å². The minimum atomic E-state index is -3.49. The van der Waals surface area contributed by atoms with E-state index in [0.29, 0.717) is 17.2 Å². The second kappa shape index (κ2) is 10.1. The topological polar surface area (TPSA) is 99.1 Å². The minimum Gasteiger partial charge on any atom is -0.508 e. The molecule has 0 bridgehead atoms. The first-order chi connectivity index (χ1) is 17.4. The summed E-state index contributed by atoms with van der Waals surface area (Å²) in [7, 11) is -3.49. The smallest absolute Gasteiger partial charge is 0.246 e. The molecular weight excluding hydrogens is 476 g/mol. The molecule has 1 saturated heterocycles. The van der Waals surface area contributed by atoms with Crippen LogP contribution in [0.5, 0.6) is 23.0 Å². The van der Waals surface area contributed by atoms with Crippen LogP contribution in [-0.4, -0.2) is 42.5 Å². The normalized spacial score (nSPS) is 14.6. The Bertz CT molecular complexity index is 1460. The first-order valence-corrected chi connectivity index (χ1v) is 13.6. The van der Waals surface area contributed by atoms with Crippen LogP contribution in [0.15, 0.2) is 78.9 Å². The van der Waals surface area contributed by atoms with Crippen LogP contribution < -0.4 is 9.46 Å². The average Bonchev–Trinajstić information content (AvgIpc) is 2.86. The standard InChI is InChI=1S/C28H28N2O5S/c31-23-9-4-20(5-10-23)26-14-6-21-18-24(32)11-15-27(21)28(26)35-25-12-7-22(8-13-25)29-36(33,34)19-30-16-2-1-3-17-30/h4-15,18,29,31-32H,1-3,16-17,19H2. The van der Waals surface area contributed by atoms with E-state index >= 15 is 0 Å². The number of ether oxygens (including phenoxy) is 1. The minimum absolute atomic E-state index is 0.00983. The van der Waals surface area contributed by atoms with E-state index in [1.807, 2.05) is 29.2 Å². The Kier molecular flexibility index (Phi) is 6.71. The fourth-order valence-electron chi connectivity index (χ4n) is 4.52. The lowest BCUT2D eigenvalue weighted by Crippen LogP contribution is -2.36. The van der Waals surface area contributed by atoms with Gasteiger partial charge in [-0.3, -0.25) is 9.62 Å². The van der Waals surface area contributed by atoms with E-state index in [9.17, 15) is 18.6 Å². The van der Waals surface area contributed by atoms with E-state index in [1.165, 1.54) is 0 Å². The molecule has 5 rings (SSSR count). The van der Waals surface area contributed by atoms with Gasteiger partial charge in [0.25, 0.3) is 0 Å². The summed E-state index contributed by atoms with van der Waals surface area (Å²) in [4.78, 5) is 1.96. The maximum absolute atomic E-state index is 12.6.